The molecular formula is C20H15ClF4N2O. The van der Waals surface area contributed by atoms with E-state index in [1.807, 2.05) is 0 Å². The van der Waals surface area contributed by atoms with Crippen molar-refractivity contribution < 1.29 is 22.3 Å². The largest absolute Gasteiger partial charge is 0.433 e. The Morgan fingerprint density at radius 1 is 1.07 bits per heavy atom. The van der Waals surface area contributed by atoms with Gasteiger partial charge in [0.05, 0.1) is 24.1 Å². The molecule has 1 aromatic heterocycles. The summed E-state index contributed by atoms with van der Waals surface area (Å²) in [6, 6.07) is 11.6. The van der Waals surface area contributed by atoms with Crippen LogP contribution in [0.2, 0.25) is 5.02 Å². The van der Waals surface area contributed by atoms with Crippen LogP contribution in [-0.4, -0.2) is 24.7 Å². The van der Waals surface area contributed by atoms with Gasteiger partial charge in [-0.3, -0.25) is 0 Å². The highest BCUT2D eigenvalue weighted by atomic mass is 35.5. The van der Waals surface area contributed by atoms with E-state index in [-0.39, 0.29) is 17.0 Å². The van der Waals surface area contributed by atoms with Gasteiger partial charge < -0.3 is 10.1 Å². The molecule has 0 amide bonds. The molecule has 0 saturated carbocycles. The molecular weight excluding hydrogens is 396 g/mol. The molecule has 0 spiro atoms. The third-order valence-electron chi connectivity index (χ3n) is 4.89. The predicted octanol–water partition coefficient (Wildman–Crippen LogP) is 5.43. The molecule has 0 radical (unpaired) electrons. The number of hydrogen-bond donors (Lipinski definition) is 1. The molecule has 4 rings (SSSR count). The summed E-state index contributed by atoms with van der Waals surface area (Å²) >= 11 is 6.03. The molecule has 3 nitrogen and oxygen atoms in total. The van der Waals surface area contributed by atoms with Crippen LogP contribution in [0.3, 0.4) is 0 Å². The predicted molar refractivity (Wildman–Crippen MR) is 99.1 cm³/mol. The zero-order valence-electron chi connectivity index (χ0n) is 14.5. The maximum atomic E-state index is 13.3. The standard InChI is InChI=1S/C20H15ClF4N2O/c21-13-3-6-16-15(7-13)17(8-18(27-16)20(23,24)25)26-9-19(10-28-11-19)12-1-4-14(22)5-2-12/h1-8H,9-11H2,(H,26,27). The van der Waals surface area contributed by atoms with Gasteiger partial charge in [0.2, 0.25) is 0 Å². The number of pyridine rings is 1. The number of hydrogen-bond acceptors (Lipinski definition) is 3. The Bertz CT molecular complexity index is 1020. The van der Waals surface area contributed by atoms with E-state index in [1.165, 1.54) is 24.3 Å². The fourth-order valence-electron chi connectivity index (χ4n) is 3.28. The van der Waals surface area contributed by atoms with Crippen molar-refractivity contribution in [3.63, 3.8) is 0 Å². The van der Waals surface area contributed by atoms with Crippen molar-refractivity contribution in [2.45, 2.75) is 11.6 Å². The monoisotopic (exact) mass is 410 g/mol. The van der Waals surface area contributed by atoms with Crippen molar-refractivity contribution in [3.05, 3.63) is 70.6 Å². The van der Waals surface area contributed by atoms with Gasteiger partial charge in [-0.15, -0.1) is 0 Å². The number of nitrogens with one attached hydrogen (secondary N) is 1. The lowest BCUT2D eigenvalue weighted by atomic mass is 9.78. The zero-order chi connectivity index (χ0) is 19.9. The van der Waals surface area contributed by atoms with Gasteiger partial charge in [0.1, 0.15) is 11.5 Å². The van der Waals surface area contributed by atoms with Crippen molar-refractivity contribution in [2.24, 2.45) is 0 Å². The molecule has 2 aromatic carbocycles. The maximum Gasteiger partial charge on any atom is 0.433 e. The molecule has 1 fully saturated rings. The maximum absolute atomic E-state index is 13.3. The Balaban J connectivity index is 1.70. The minimum atomic E-state index is -4.57. The molecule has 8 heteroatoms. The molecule has 3 aromatic rings. The van der Waals surface area contributed by atoms with Gasteiger partial charge in [0.15, 0.2) is 0 Å². The first-order valence-corrected chi connectivity index (χ1v) is 8.90. The summed E-state index contributed by atoms with van der Waals surface area (Å²) in [6.45, 7) is 1.10. The lowest BCUT2D eigenvalue weighted by molar-refractivity contribution is -0.140. The Morgan fingerprint density at radius 3 is 2.39 bits per heavy atom. The van der Waals surface area contributed by atoms with Gasteiger partial charge in [-0.1, -0.05) is 23.7 Å². The van der Waals surface area contributed by atoms with Gasteiger partial charge >= 0.3 is 6.18 Å². The van der Waals surface area contributed by atoms with Crippen LogP contribution in [-0.2, 0) is 16.3 Å². The molecule has 0 bridgehead atoms. The number of ether oxygens (including phenoxy) is 1. The average Bonchev–Trinajstić information content (AvgIpc) is 2.61. The second kappa shape index (κ2) is 6.90. The normalized spacial score (nSPS) is 16.0. The molecule has 1 aliphatic rings. The van der Waals surface area contributed by atoms with E-state index in [0.717, 1.165) is 11.6 Å². The van der Waals surface area contributed by atoms with Crippen LogP contribution >= 0.6 is 11.6 Å². The first-order valence-electron chi connectivity index (χ1n) is 8.52. The summed E-state index contributed by atoms with van der Waals surface area (Å²) in [7, 11) is 0. The number of fused-ring (bicyclic) bond motifs is 1. The van der Waals surface area contributed by atoms with Gasteiger partial charge in [0.25, 0.3) is 0 Å². The Labute approximate surface area is 163 Å². The lowest BCUT2D eigenvalue weighted by Gasteiger charge is -2.42. The zero-order valence-corrected chi connectivity index (χ0v) is 15.2. The van der Waals surface area contributed by atoms with E-state index < -0.39 is 17.3 Å². The van der Waals surface area contributed by atoms with E-state index in [4.69, 9.17) is 16.3 Å². The highest BCUT2D eigenvalue weighted by Gasteiger charge is 2.40. The number of benzene rings is 2. The molecule has 1 saturated heterocycles. The third-order valence-corrected chi connectivity index (χ3v) is 5.13. The van der Waals surface area contributed by atoms with Crippen LogP contribution in [0.5, 0.6) is 0 Å². The molecule has 146 valence electrons. The number of aromatic nitrogens is 1. The fourth-order valence-corrected chi connectivity index (χ4v) is 3.45. The minimum Gasteiger partial charge on any atom is -0.383 e. The van der Waals surface area contributed by atoms with Crippen LogP contribution in [0.1, 0.15) is 11.3 Å². The van der Waals surface area contributed by atoms with Crippen LogP contribution in [0.15, 0.2) is 48.5 Å². The number of anilines is 1. The molecule has 0 atom stereocenters. The van der Waals surface area contributed by atoms with Crippen LogP contribution in [0.25, 0.3) is 10.9 Å². The highest BCUT2D eigenvalue weighted by molar-refractivity contribution is 6.31. The molecule has 0 unspecified atom stereocenters. The van der Waals surface area contributed by atoms with E-state index in [9.17, 15) is 17.6 Å². The Kier molecular flexibility index (Phi) is 4.67. The summed E-state index contributed by atoms with van der Waals surface area (Å²) in [6.07, 6.45) is -4.57. The molecule has 0 aliphatic carbocycles. The third kappa shape index (κ3) is 3.52. The van der Waals surface area contributed by atoms with Crippen LogP contribution < -0.4 is 5.32 Å². The van der Waals surface area contributed by atoms with Crippen molar-refractivity contribution in [1.82, 2.24) is 4.98 Å². The molecule has 1 N–H and O–H groups in total. The second-order valence-corrected chi connectivity index (χ2v) is 7.28. The highest BCUT2D eigenvalue weighted by Crippen LogP contribution is 2.36. The molecule has 2 heterocycles. The summed E-state index contributed by atoms with van der Waals surface area (Å²) in [5, 5.41) is 4.01. The smallest absolute Gasteiger partial charge is 0.383 e. The summed E-state index contributed by atoms with van der Waals surface area (Å²) in [5.74, 6) is -0.350. The lowest BCUT2D eigenvalue weighted by Crippen LogP contribution is -2.51. The summed E-state index contributed by atoms with van der Waals surface area (Å²) < 4.78 is 58.4. The van der Waals surface area contributed by atoms with Gasteiger partial charge in [-0.25, -0.2) is 9.37 Å². The van der Waals surface area contributed by atoms with Crippen molar-refractivity contribution in [2.75, 3.05) is 25.1 Å². The van der Waals surface area contributed by atoms with E-state index in [0.29, 0.717) is 30.2 Å². The van der Waals surface area contributed by atoms with Gasteiger partial charge in [0, 0.05) is 22.6 Å². The topological polar surface area (TPSA) is 34.2 Å². The van der Waals surface area contributed by atoms with Crippen LogP contribution in [0.4, 0.5) is 23.2 Å². The molecule has 28 heavy (non-hydrogen) atoms. The fraction of sp³-hybridized carbons (Fsp3) is 0.250. The summed E-state index contributed by atoms with van der Waals surface area (Å²) in [4.78, 5) is 3.70. The number of rotatable bonds is 4. The Morgan fingerprint density at radius 2 is 1.79 bits per heavy atom. The first kappa shape index (κ1) is 19.0. The summed E-state index contributed by atoms with van der Waals surface area (Å²) in [5.41, 5.74) is -0.0819. The molecule has 1 aliphatic heterocycles. The van der Waals surface area contributed by atoms with Gasteiger partial charge in [-0.2, -0.15) is 13.2 Å². The first-order chi connectivity index (χ1) is 13.3. The number of alkyl halides is 3. The van der Waals surface area contributed by atoms with Gasteiger partial charge in [-0.05, 0) is 42.0 Å². The average molecular weight is 411 g/mol. The van der Waals surface area contributed by atoms with Crippen LogP contribution in [0, 0.1) is 5.82 Å². The van der Waals surface area contributed by atoms with Crippen molar-refractivity contribution in [1.29, 1.82) is 0 Å². The number of nitrogens with zero attached hydrogens (tertiary/aromatic N) is 1. The SMILES string of the molecule is Fc1ccc(C2(CNc3cc(C(F)(F)F)nc4ccc(Cl)cc34)COC2)cc1. The van der Waals surface area contributed by atoms with Crippen molar-refractivity contribution >= 4 is 28.2 Å². The second-order valence-electron chi connectivity index (χ2n) is 6.85. The van der Waals surface area contributed by atoms with Crippen molar-refractivity contribution in [3.8, 4) is 0 Å². The minimum absolute atomic E-state index is 0.197. The van der Waals surface area contributed by atoms with E-state index in [2.05, 4.69) is 10.3 Å². The number of halogens is 5. The van der Waals surface area contributed by atoms with E-state index >= 15 is 0 Å². The quantitative estimate of drug-likeness (QED) is 0.583. The van der Waals surface area contributed by atoms with E-state index in [1.54, 1.807) is 18.2 Å². The Hall–Kier alpha value is -2.38.